The Morgan fingerprint density at radius 1 is 1.04 bits per heavy atom. The van der Waals surface area contributed by atoms with E-state index >= 15 is 0 Å². The van der Waals surface area contributed by atoms with E-state index in [-0.39, 0.29) is 13.6 Å². The lowest BCUT2D eigenvalue weighted by molar-refractivity contribution is 0.0458. The van der Waals surface area contributed by atoms with Gasteiger partial charge in [-0.15, -0.1) is 0 Å². The highest BCUT2D eigenvalue weighted by Gasteiger charge is 2.21. The second kappa shape index (κ2) is 10.2. The average molecular weight is 424 g/mol. The summed E-state index contributed by atoms with van der Waals surface area (Å²) in [5.41, 5.74) is 3.29. The zero-order valence-electron chi connectivity index (χ0n) is 15.0. The third kappa shape index (κ3) is 4.97. The Morgan fingerprint density at radius 2 is 1.65 bits per heavy atom. The van der Waals surface area contributed by atoms with E-state index in [2.05, 4.69) is 21.1 Å². The zero-order valence-corrected chi connectivity index (χ0v) is 16.6. The number of nitrogens with zero attached hydrogens (tertiary/aromatic N) is 1. The van der Waals surface area contributed by atoms with Gasteiger partial charge in [0.2, 0.25) is 0 Å². The second-order valence-corrected chi connectivity index (χ2v) is 6.31. The Morgan fingerprint density at radius 3 is 2.23 bits per heavy atom. The molecular weight excluding hydrogens is 402 g/mol. The average Bonchev–Trinajstić information content (AvgIpc) is 2.67. The zero-order chi connectivity index (χ0) is 18.9. The minimum absolute atomic E-state index is 0.0949. The molecule has 0 fully saturated rings. The smallest absolute Gasteiger partial charge is 0.188 e. The summed E-state index contributed by atoms with van der Waals surface area (Å²) in [4.78, 5) is 0. The van der Waals surface area contributed by atoms with Gasteiger partial charge in [0.05, 0.1) is 10.2 Å². The number of benzene rings is 2. The van der Waals surface area contributed by atoms with E-state index in [1.54, 1.807) is 27.2 Å². The number of oxime groups is 1. The van der Waals surface area contributed by atoms with Crippen LogP contribution in [0.3, 0.4) is 0 Å². The van der Waals surface area contributed by atoms with E-state index in [0.29, 0.717) is 23.6 Å². The van der Waals surface area contributed by atoms with E-state index in [4.69, 9.17) is 24.2 Å². The summed E-state index contributed by atoms with van der Waals surface area (Å²) in [5.74, 6) is 1.17. The van der Waals surface area contributed by atoms with Gasteiger partial charge in [0.15, 0.2) is 13.6 Å². The molecule has 0 spiro atoms. The first kappa shape index (κ1) is 20.2. The summed E-state index contributed by atoms with van der Waals surface area (Å²) in [6, 6.07) is 11.6. The van der Waals surface area contributed by atoms with Crippen molar-refractivity contribution in [3.05, 3.63) is 46.4 Å². The van der Waals surface area contributed by atoms with Crippen LogP contribution in [0.1, 0.15) is 12.5 Å². The van der Waals surface area contributed by atoms with E-state index in [1.165, 1.54) is 0 Å². The fourth-order valence-electron chi connectivity index (χ4n) is 2.50. The minimum atomic E-state index is 0.0949. The lowest BCUT2D eigenvalue weighted by Crippen LogP contribution is -2.08. The largest absolute Gasteiger partial charge is 0.467 e. The van der Waals surface area contributed by atoms with Crippen molar-refractivity contribution < 1.29 is 24.2 Å². The number of halogens is 1. The fourth-order valence-corrected chi connectivity index (χ4v) is 3.07. The van der Waals surface area contributed by atoms with Crippen molar-refractivity contribution >= 4 is 21.6 Å². The van der Waals surface area contributed by atoms with Crippen LogP contribution in [-0.4, -0.2) is 38.7 Å². The van der Waals surface area contributed by atoms with Gasteiger partial charge in [0.1, 0.15) is 11.5 Å². The topological polar surface area (TPSA) is 69.5 Å². The molecule has 0 heterocycles. The minimum Gasteiger partial charge on any atom is -0.467 e. The molecule has 2 aromatic rings. The van der Waals surface area contributed by atoms with Crippen LogP contribution in [0.5, 0.6) is 11.5 Å². The number of rotatable bonds is 9. The van der Waals surface area contributed by atoms with Crippen LogP contribution in [0.25, 0.3) is 11.1 Å². The third-order valence-electron chi connectivity index (χ3n) is 3.62. The van der Waals surface area contributed by atoms with E-state index in [1.807, 2.05) is 30.3 Å². The molecule has 0 aliphatic rings. The molecule has 0 aliphatic carbocycles. The first-order chi connectivity index (χ1) is 12.6. The van der Waals surface area contributed by atoms with Gasteiger partial charge >= 0.3 is 0 Å². The monoisotopic (exact) mass is 423 g/mol. The van der Waals surface area contributed by atoms with Crippen LogP contribution in [0, 0.1) is 0 Å². The molecule has 0 atom stereocenters. The molecule has 0 aliphatic heterocycles. The normalized spacial score (nSPS) is 11.5. The summed E-state index contributed by atoms with van der Waals surface area (Å²) in [6.45, 7) is 1.94. The SMILES string of the molecule is COCOc1cc(OCOC)c(-c2ccccc2)c(C/C(C)=N/O)c1Br. The first-order valence-corrected chi connectivity index (χ1v) is 8.73. The summed E-state index contributed by atoms with van der Waals surface area (Å²) in [6.07, 6.45) is 0.412. The van der Waals surface area contributed by atoms with Crippen LogP contribution in [0.15, 0.2) is 46.0 Å². The van der Waals surface area contributed by atoms with Crippen LogP contribution in [-0.2, 0) is 15.9 Å². The van der Waals surface area contributed by atoms with Crippen molar-refractivity contribution in [1.29, 1.82) is 0 Å². The molecule has 140 valence electrons. The molecule has 0 saturated heterocycles. The van der Waals surface area contributed by atoms with Crippen molar-refractivity contribution in [3.63, 3.8) is 0 Å². The molecule has 0 amide bonds. The maximum atomic E-state index is 9.14. The van der Waals surface area contributed by atoms with E-state index in [0.717, 1.165) is 21.2 Å². The van der Waals surface area contributed by atoms with Gasteiger partial charge in [-0.3, -0.25) is 0 Å². The summed E-state index contributed by atoms with van der Waals surface area (Å²) in [5, 5.41) is 12.4. The lowest BCUT2D eigenvalue weighted by Gasteiger charge is -2.20. The molecule has 26 heavy (non-hydrogen) atoms. The summed E-state index contributed by atoms with van der Waals surface area (Å²) >= 11 is 3.62. The van der Waals surface area contributed by atoms with Crippen molar-refractivity contribution in [2.45, 2.75) is 13.3 Å². The summed E-state index contributed by atoms with van der Waals surface area (Å²) in [7, 11) is 3.12. The number of hydrogen-bond donors (Lipinski definition) is 1. The predicted molar refractivity (Wildman–Crippen MR) is 103 cm³/mol. The molecule has 6 nitrogen and oxygen atoms in total. The standard InChI is InChI=1S/C19H22BrNO5/c1-13(21-22)9-15-18(14-7-5-4-6-8-14)16(25-11-23-2)10-17(19(15)20)26-12-24-3/h4-8,10,22H,9,11-12H2,1-3H3/b21-13+. The maximum Gasteiger partial charge on any atom is 0.188 e. The van der Waals surface area contributed by atoms with Crippen molar-refractivity contribution in [2.24, 2.45) is 5.16 Å². The van der Waals surface area contributed by atoms with Gasteiger partial charge in [-0.2, -0.15) is 0 Å². The highest BCUT2D eigenvalue weighted by atomic mass is 79.9. The second-order valence-electron chi connectivity index (χ2n) is 5.52. The summed E-state index contributed by atoms with van der Waals surface area (Å²) < 4.78 is 22.3. The van der Waals surface area contributed by atoms with E-state index < -0.39 is 0 Å². The van der Waals surface area contributed by atoms with Gasteiger partial charge in [0.25, 0.3) is 0 Å². The van der Waals surface area contributed by atoms with Crippen LogP contribution < -0.4 is 9.47 Å². The molecule has 2 aromatic carbocycles. The van der Waals surface area contributed by atoms with Gasteiger partial charge in [-0.1, -0.05) is 35.5 Å². The third-order valence-corrected chi connectivity index (χ3v) is 4.49. The Hall–Kier alpha value is -2.09. The van der Waals surface area contributed by atoms with Gasteiger partial charge < -0.3 is 24.2 Å². The quantitative estimate of drug-likeness (QED) is 0.278. The highest BCUT2D eigenvalue weighted by molar-refractivity contribution is 9.10. The van der Waals surface area contributed by atoms with Crippen molar-refractivity contribution in [3.8, 4) is 22.6 Å². The van der Waals surface area contributed by atoms with Crippen molar-refractivity contribution in [1.82, 2.24) is 0 Å². The Kier molecular flexibility index (Phi) is 7.90. The highest BCUT2D eigenvalue weighted by Crippen LogP contribution is 2.43. The fraction of sp³-hybridized carbons (Fsp3) is 0.316. The first-order valence-electron chi connectivity index (χ1n) is 7.94. The van der Waals surface area contributed by atoms with E-state index in [9.17, 15) is 0 Å². The molecule has 7 heteroatoms. The lowest BCUT2D eigenvalue weighted by atomic mass is 9.95. The van der Waals surface area contributed by atoms with Crippen LogP contribution in [0.4, 0.5) is 0 Å². The molecule has 0 radical (unpaired) electrons. The molecule has 0 aromatic heterocycles. The Bertz CT molecular complexity index is 749. The predicted octanol–water partition coefficient (Wildman–Crippen LogP) is 4.47. The van der Waals surface area contributed by atoms with Crippen molar-refractivity contribution in [2.75, 3.05) is 27.8 Å². The molecule has 2 rings (SSSR count). The van der Waals surface area contributed by atoms with Crippen LogP contribution in [0.2, 0.25) is 0 Å². The molecule has 1 N–H and O–H groups in total. The van der Waals surface area contributed by atoms with Gasteiger partial charge in [-0.25, -0.2) is 0 Å². The Balaban J connectivity index is 2.68. The van der Waals surface area contributed by atoms with Gasteiger partial charge in [-0.05, 0) is 34.0 Å². The van der Waals surface area contributed by atoms with Gasteiger partial charge in [0, 0.05) is 32.3 Å². The number of methoxy groups -OCH3 is 2. The molecular formula is C19H22BrNO5. The maximum absolute atomic E-state index is 9.14. The molecule has 0 unspecified atom stereocenters. The Labute approximate surface area is 161 Å². The number of ether oxygens (including phenoxy) is 4. The molecule has 0 saturated carbocycles. The molecule has 0 bridgehead atoms. The number of hydrogen-bond acceptors (Lipinski definition) is 6. The van der Waals surface area contributed by atoms with Crippen LogP contribution >= 0.6 is 15.9 Å².